The standard InChI is InChI=1S/C20H20ClN5OS/c1-12(19-25-18(13(2)28-19)14-3-5-15(21)6-4-14)24-20(27)26-10-7-16-17(11-26)23-9-8-22-16/h3-6,8-9,12H,7,10-11H2,1-2H3,(H,24,27). The Bertz CT molecular complexity index is 1000. The lowest BCUT2D eigenvalue weighted by molar-refractivity contribution is 0.187. The number of thiazole rings is 1. The summed E-state index contributed by atoms with van der Waals surface area (Å²) in [7, 11) is 0. The number of rotatable bonds is 3. The van der Waals surface area contributed by atoms with Crippen LogP contribution in [-0.2, 0) is 13.0 Å². The smallest absolute Gasteiger partial charge is 0.318 e. The van der Waals surface area contributed by atoms with E-state index >= 15 is 0 Å². The number of carbonyl (C=O) groups excluding carboxylic acids is 1. The van der Waals surface area contributed by atoms with Crippen molar-refractivity contribution in [1.29, 1.82) is 0 Å². The molecule has 1 atom stereocenters. The van der Waals surface area contributed by atoms with E-state index in [9.17, 15) is 4.79 Å². The Morgan fingerprint density at radius 2 is 1.93 bits per heavy atom. The molecular formula is C20H20ClN5OS. The second kappa shape index (κ2) is 7.85. The fourth-order valence-electron chi connectivity index (χ4n) is 3.23. The van der Waals surface area contributed by atoms with E-state index in [1.165, 1.54) is 0 Å². The van der Waals surface area contributed by atoms with Gasteiger partial charge in [-0.3, -0.25) is 9.97 Å². The van der Waals surface area contributed by atoms with Crippen molar-refractivity contribution in [3.05, 3.63) is 63.0 Å². The first kappa shape index (κ1) is 18.8. The van der Waals surface area contributed by atoms with E-state index in [0.29, 0.717) is 18.1 Å². The molecule has 4 rings (SSSR count). The fourth-order valence-corrected chi connectivity index (χ4v) is 4.30. The summed E-state index contributed by atoms with van der Waals surface area (Å²) in [5.74, 6) is 0. The molecule has 6 nitrogen and oxygen atoms in total. The number of aryl methyl sites for hydroxylation is 1. The molecule has 1 unspecified atom stereocenters. The number of benzene rings is 1. The number of carbonyl (C=O) groups is 1. The summed E-state index contributed by atoms with van der Waals surface area (Å²) in [5, 5.41) is 4.65. The van der Waals surface area contributed by atoms with Crippen molar-refractivity contribution in [2.45, 2.75) is 32.9 Å². The molecule has 0 spiro atoms. The van der Waals surface area contributed by atoms with Crippen molar-refractivity contribution in [2.24, 2.45) is 0 Å². The van der Waals surface area contributed by atoms with Crippen LogP contribution in [0.3, 0.4) is 0 Å². The van der Waals surface area contributed by atoms with E-state index in [1.807, 2.05) is 38.1 Å². The molecule has 3 heterocycles. The Hall–Kier alpha value is -2.51. The summed E-state index contributed by atoms with van der Waals surface area (Å²) in [6, 6.07) is 7.35. The lowest BCUT2D eigenvalue weighted by atomic mass is 10.1. The molecule has 1 aliphatic rings. The van der Waals surface area contributed by atoms with Gasteiger partial charge in [0.05, 0.1) is 29.7 Å². The number of nitrogens with one attached hydrogen (secondary N) is 1. The summed E-state index contributed by atoms with van der Waals surface area (Å²) in [5.41, 5.74) is 3.79. The molecule has 0 saturated heterocycles. The molecule has 28 heavy (non-hydrogen) atoms. The zero-order valence-corrected chi connectivity index (χ0v) is 17.2. The lowest BCUT2D eigenvalue weighted by Gasteiger charge is -2.28. The summed E-state index contributed by atoms with van der Waals surface area (Å²) >= 11 is 7.58. The molecule has 3 aromatic rings. The quantitative estimate of drug-likeness (QED) is 0.691. The van der Waals surface area contributed by atoms with E-state index in [4.69, 9.17) is 16.6 Å². The van der Waals surface area contributed by atoms with Gasteiger partial charge in [-0.2, -0.15) is 0 Å². The normalized spacial score (nSPS) is 14.5. The highest BCUT2D eigenvalue weighted by Crippen LogP contribution is 2.31. The minimum atomic E-state index is -0.180. The van der Waals surface area contributed by atoms with Crippen LogP contribution in [0.5, 0.6) is 0 Å². The summed E-state index contributed by atoms with van der Waals surface area (Å²) in [6.07, 6.45) is 4.08. The van der Waals surface area contributed by atoms with Crippen LogP contribution in [-0.4, -0.2) is 32.4 Å². The zero-order chi connectivity index (χ0) is 19.7. The molecule has 8 heteroatoms. The molecular weight excluding hydrogens is 394 g/mol. The van der Waals surface area contributed by atoms with Gasteiger partial charge in [0.15, 0.2) is 0 Å². The van der Waals surface area contributed by atoms with Crippen LogP contribution in [0.15, 0.2) is 36.7 Å². The molecule has 0 aliphatic carbocycles. The first-order chi connectivity index (χ1) is 13.5. The molecule has 0 fully saturated rings. The fraction of sp³-hybridized carbons (Fsp3) is 0.300. The number of amides is 2. The van der Waals surface area contributed by atoms with Gasteiger partial charge in [0, 0.05) is 40.8 Å². The number of urea groups is 1. The number of nitrogens with zero attached hydrogens (tertiary/aromatic N) is 4. The predicted molar refractivity (Wildman–Crippen MR) is 110 cm³/mol. The van der Waals surface area contributed by atoms with Crippen molar-refractivity contribution in [1.82, 2.24) is 25.2 Å². The van der Waals surface area contributed by atoms with E-state index in [0.717, 1.165) is 39.0 Å². The summed E-state index contributed by atoms with van der Waals surface area (Å²) in [6.45, 7) is 5.12. The third-order valence-electron chi connectivity index (χ3n) is 4.75. The second-order valence-corrected chi connectivity index (χ2v) is 8.43. The van der Waals surface area contributed by atoms with Gasteiger partial charge < -0.3 is 10.2 Å². The van der Waals surface area contributed by atoms with Crippen LogP contribution in [0, 0.1) is 6.92 Å². The maximum absolute atomic E-state index is 12.7. The maximum atomic E-state index is 12.7. The van der Waals surface area contributed by atoms with Gasteiger partial charge in [0.25, 0.3) is 0 Å². The lowest BCUT2D eigenvalue weighted by Crippen LogP contribution is -2.44. The Morgan fingerprint density at radius 1 is 1.21 bits per heavy atom. The molecule has 1 aliphatic heterocycles. The number of fused-ring (bicyclic) bond motifs is 1. The average Bonchev–Trinajstić information content (AvgIpc) is 3.10. The van der Waals surface area contributed by atoms with Gasteiger partial charge >= 0.3 is 6.03 Å². The number of halogens is 1. The Labute approximate surface area is 172 Å². The summed E-state index contributed by atoms with van der Waals surface area (Å²) < 4.78 is 0. The number of aromatic nitrogens is 3. The molecule has 144 valence electrons. The number of hydrogen-bond donors (Lipinski definition) is 1. The van der Waals surface area contributed by atoms with Crippen LogP contribution < -0.4 is 5.32 Å². The highest BCUT2D eigenvalue weighted by atomic mass is 35.5. The van der Waals surface area contributed by atoms with Gasteiger partial charge in [-0.05, 0) is 26.0 Å². The van der Waals surface area contributed by atoms with Crippen LogP contribution in [0.1, 0.15) is 34.2 Å². The van der Waals surface area contributed by atoms with Gasteiger partial charge in [-0.1, -0.05) is 23.7 Å². The van der Waals surface area contributed by atoms with Crippen molar-refractivity contribution in [2.75, 3.05) is 6.54 Å². The third kappa shape index (κ3) is 3.86. The van der Waals surface area contributed by atoms with E-state index in [2.05, 4.69) is 15.3 Å². The topological polar surface area (TPSA) is 71.0 Å². The van der Waals surface area contributed by atoms with Gasteiger partial charge in [0.1, 0.15) is 5.01 Å². The van der Waals surface area contributed by atoms with Crippen molar-refractivity contribution < 1.29 is 4.79 Å². The Kier molecular flexibility index (Phi) is 5.28. The SMILES string of the molecule is Cc1sc(C(C)NC(=O)N2CCc3nccnc3C2)nc1-c1ccc(Cl)cc1. The minimum Gasteiger partial charge on any atom is -0.329 e. The molecule has 2 aromatic heterocycles. The minimum absolute atomic E-state index is 0.107. The molecule has 0 saturated carbocycles. The van der Waals surface area contributed by atoms with Gasteiger partial charge in [-0.25, -0.2) is 9.78 Å². The van der Waals surface area contributed by atoms with Crippen molar-refractivity contribution >= 4 is 29.0 Å². The van der Waals surface area contributed by atoms with E-state index in [-0.39, 0.29) is 12.1 Å². The van der Waals surface area contributed by atoms with Crippen LogP contribution in [0.2, 0.25) is 5.02 Å². The molecule has 0 bridgehead atoms. The Morgan fingerprint density at radius 3 is 2.68 bits per heavy atom. The molecule has 1 N–H and O–H groups in total. The molecule has 0 radical (unpaired) electrons. The highest BCUT2D eigenvalue weighted by molar-refractivity contribution is 7.12. The van der Waals surface area contributed by atoms with Crippen LogP contribution in [0.25, 0.3) is 11.3 Å². The maximum Gasteiger partial charge on any atom is 0.318 e. The van der Waals surface area contributed by atoms with E-state index in [1.54, 1.807) is 28.6 Å². The third-order valence-corrected chi connectivity index (χ3v) is 6.15. The zero-order valence-electron chi connectivity index (χ0n) is 15.6. The van der Waals surface area contributed by atoms with Gasteiger partial charge in [-0.15, -0.1) is 11.3 Å². The predicted octanol–water partition coefficient (Wildman–Crippen LogP) is 4.39. The van der Waals surface area contributed by atoms with Crippen molar-refractivity contribution in [3.8, 4) is 11.3 Å². The first-order valence-corrected chi connectivity index (χ1v) is 10.3. The van der Waals surface area contributed by atoms with Crippen LogP contribution in [0.4, 0.5) is 4.79 Å². The van der Waals surface area contributed by atoms with E-state index < -0.39 is 0 Å². The molecule has 1 aromatic carbocycles. The number of hydrogen-bond acceptors (Lipinski definition) is 5. The van der Waals surface area contributed by atoms with Gasteiger partial charge in [0.2, 0.25) is 0 Å². The Balaban J connectivity index is 1.45. The largest absolute Gasteiger partial charge is 0.329 e. The highest BCUT2D eigenvalue weighted by Gasteiger charge is 2.24. The van der Waals surface area contributed by atoms with Crippen molar-refractivity contribution in [3.63, 3.8) is 0 Å². The first-order valence-electron chi connectivity index (χ1n) is 9.08. The second-order valence-electron chi connectivity index (χ2n) is 6.76. The molecule has 2 amide bonds. The monoisotopic (exact) mass is 413 g/mol. The van der Waals surface area contributed by atoms with Crippen LogP contribution >= 0.6 is 22.9 Å². The average molecular weight is 414 g/mol. The summed E-state index contributed by atoms with van der Waals surface area (Å²) in [4.78, 5) is 29.0.